The number of benzene rings is 2. The zero-order chi connectivity index (χ0) is 24.4. The molecule has 0 aliphatic carbocycles. The highest BCUT2D eigenvalue weighted by molar-refractivity contribution is 7.89. The Bertz CT molecular complexity index is 1250. The molecule has 1 fully saturated rings. The summed E-state index contributed by atoms with van der Waals surface area (Å²) in [5.74, 6) is -0.882. The Morgan fingerprint density at radius 3 is 2.18 bits per heavy atom. The Kier molecular flexibility index (Phi) is 5.08. The van der Waals surface area contributed by atoms with Crippen LogP contribution < -0.4 is 0 Å². The number of ether oxygens (including phenoxy) is 1. The third-order valence-corrected chi connectivity index (χ3v) is 7.47. The van der Waals surface area contributed by atoms with Crippen LogP contribution in [0.15, 0.2) is 59.1 Å². The summed E-state index contributed by atoms with van der Waals surface area (Å²) in [6.07, 6.45) is -9.66. The number of hydrogen-bond acceptors (Lipinski definition) is 4. The lowest BCUT2D eigenvalue weighted by atomic mass is 9.72. The standard InChI is InChI=1S/C21H15F6NO4S/c1-2-32-18(29)10-15-11-19(16-5-3-4-6-17(16)33(30,31)28(15)19)12-7-13(20(22,23)24)9-14(8-12)21(25,26)27/h3-10H,2,11H2,1H3/b15-10+. The number of carbonyl (C=O) groups excluding carboxylic acids is 1. The topological polar surface area (TPSA) is 63.7 Å². The first kappa shape index (κ1) is 23.1. The first-order valence-electron chi connectivity index (χ1n) is 9.55. The van der Waals surface area contributed by atoms with Crippen molar-refractivity contribution in [3.8, 4) is 0 Å². The number of fused-ring (bicyclic) bond motifs is 3. The molecule has 0 N–H and O–H groups in total. The molecule has 2 aromatic rings. The maximum Gasteiger partial charge on any atom is 0.416 e. The fourth-order valence-corrected chi connectivity index (χ4v) is 6.32. The lowest BCUT2D eigenvalue weighted by Gasteiger charge is -2.50. The maximum absolute atomic E-state index is 13.5. The highest BCUT2D eigenvalue weighted by Gasteiger charge is 2.63. The molecule has 5 nitrogen and oxygen atoms in total. The minimum absolute atomic E-state index is 0.0106. The number of carbonyl (C=O) groups is 1. The minimum Gasteiger partial charge on any atom is -0.463 e. The Balaban J connectivity index is 2.00. The molecular formula is C21H15F6NO4S. The predicted molar refractivity (Wildman–Crippen MR) is 102 cm³/mol. The van der Waals surface area contributed by atoms with Crippen LogP contribution in [0.25, 0.3) is 0 Å². The van der Waals surface area contributed by atoms with Crippen molar-refractivity contribution in [1.82, 2.24) is 4.31 Å². The number of sulfonamides is 1. The van der Waals surface area contributed by atoms with Gasteiger partial charge in [-0.1, -0.05) is 18.2 Å². The molecule has 33 heavy (non-hydrogen) atoms. The number of rotatable bonds is 3. The zero-order valence-corrected chi connectivity index (χ0v) is 17.6. The van der Waals surface area contributed by atoms with Crippen LogP contribution in [-0.2, 0) is 37.4 Å². The first-order chi connectivity index (χ1) is 15.2. The van der Waals surface area contributed by atoms with E-state index in [1.807, 2.05) is 0 Å². The highest BCUT2D eigenvalue weighted by atomic mass is 32.2. The molecule has 4 rings (SSSR count). The van der Waals surface area contributed by atoms with Crippen molar-refractivity contribution in [1.29, 1.82) is 0 Å². The molecule has 0 bridgehead atoms. The third kappa shape index (κ3) is 3.47. The van der Waals surface area contributed by atoms with E-state index in [1.165, 1.54) is 31.2 Å². The van der Waals surface area contributed by atoms with Crippen LogP contribution in [0.1, 0.15) is 35.6 Å². The van der Waals surface area contributed by atoms with E-state index in [2.05, 4.69) is 0 Å². The van der Waals surface area contributed by atoms with Gasteiger partial charge in [0.05, 0.1) is 22.6 Å². The minimum atomic E-state index is -5.11. The smallest absolute Gasteiger partial charge is 0.416 e. The second kappa shape index (κ2) is 7.24. The normalized spacial score (nSPS) is 22.5. The summed E-state index contributed by atoms with van der Waals surface area (Å²) in [5.41, 5.74) is -5.57. The lowest BCUT2D eigenvalue weighted by molar-refractivity contribution is -0.143. The van der Waals surface area contributed by atoms with Crippen molar-refractivity contribution in [2.24, 2.45) is 0 Å². The van der Waals surface area contributed by atoms with E-state index in [-0.39, 0.29) is 35.3 Å². The quantitative estimate of drug-likeness (QED) is 0.351. The number of alkyl halides is 6. The van der Waals surface area contributed by atoms with Gasteiger partial charge in [-0.25, -0.2) is 13.2 Å². The van der Waals surface area contributed by atoms with Gasteiger partial charge in [0, 0.05) is 23.8 Å². The average molecular weight is 491 g/mol. The molecular weight excluding hydrogens is 476 g/mol. The largest absolute Gasteiger partial charge is 0.463 e. The van der Waals surface area contributed by atoms with Crippen LogP contribution in [0, 0.1) is 0 Å². The molecule has 0 saturated carbocycles. The van der Waals surface area contributed by atoms with Crippen LogP contribution in [0.5, 0.6) is 0 Å². The Morgan fingerprint density at radius 1 is 1.06 bits per heavy atom. The second-order valence-corrected chi connectivity index (χ2v) is 9.24. The summed E-state index contributed by atoms with van der Waals surface area (Å²) in [6.45, 7) is 1.51. The molecule has 1 atom stereocenters. The zero-order valence-electron chi connectivity index (χ0n) is 16.8. The van der Waals surface area contributed by atoms with Crippen molar-refractivity contribution < 1.29 is 44.3 Å². The van der Waals surface area contributed by atoms with E-state index in [9.17, 15) is 39.6 Å². The molecule has 0 amide bonds. The number of esters is 1. The van der Waals surface area contributed by atoms with E-state index in [4.69, 9.17) is 4.74 Å². The van der Waals surface area contributed by atoms with E-state index >= 15 is 0 Å². The van der Waals surface area contributed by atoms with Crippen LogP contribution in [0.4, 0.5) is 26.3 Å². The first-order valence-corrected chi connectivity index (χ1v) is 11.0. The predicted octanol–water partition coefficient (Wildman–Crippen LogP) is 4.82. The second-order valence-electron chi connectivity index (χ2n) is 7.48. The molecule has 2 aromatic carbocycles. The molecule has 176 valence electrons. The van der Waals surface area contributed by atoms with Crippen LogP contribution >= 0.6 is 0 Å². The molecule has 0 radical (unpaired) electrons. The summed E-state index contributed by atoms with van der Waals surface area (Å²) in [7, 11) is -4.36. The van der Waals surface area contributed by atoms with Crippen LogP contribution in [0.3, 0.4) is 0 Å². The van der Waals surface area contributed by atoms with Crippen molar-refractivity contribution >= 4 is 16.0 Å². The van der Waals surface area contributed by atoms with Crippen molar-refractivity contribution in [3.63, 3.8) is 0 Å². The number of nitrogens with zero attached hydrogens (tertiary/aromatic N) is 1. The third-order valence-electron chi connectivity index (χ3n) is 5.53. The molecule has 12 heteroatoms. The van der Waals surface area contributed by atoms with Gasteiger partial charge in [0.15, 0.2) is 0 Å². The summed E-state index contributed by atoms with van der Waals surface area (Å²) >= 11 is 0. The molecule has 2 aliphatic rings. The van der Waals surface area contributed by atoms with Gasteiger partial charge in [-0.3, -0.25) is 4.31 Å². The van der Waals surface area contributed by atoms with Crippen molar-refractivity contribution in [2.45, 2.75) is 36.1 Å². The van der Waals surface area contributed by atoms with Gasteiger partial charge in [0.1, 0.15) is 5.54 Å². The van der Waals surface area contributed by atoms with Crippen molar-refractivity contribution in [3.05, 3.63) is 76.5 Å². The molecule has 1 unspecified atom stereocenters. The Labute approximate surface area is 184 Å². The fraction of sp³-hybridized carbons (Fsp3) is 0.286. The summed E-state index contributed by atoms with van der Waals surface area (Å²) < 4.78 is 113. The number of halogens is 6. The van der Waals surface area contributed by atoms with Crippen LogP contribution in [-0.4, -0.2) is 25.3 Å². The van der Waals surface area contributed by atoms with Gasteiger partial charge >= 0.3 is 18.3 Å². The monoisotopic (exact) mass is 491 g/mol. The van der Waals surface area contributed by atoms with Gasteiger partial charge in [0.2, 0.25) is 0 Å². The Hall–Kier alpha value is -3.02. The van der Waals surface area contributed by atoms with E-state index in [1.54, 1.807) is 0 Å². The molecule has 2 aliphatic heterocycles. The summed E-state index contributed by atoms with van der Waals surface area (Å²) in [4.78, 5) is 11.7. The molecule has 0 aromatic heterocycles. The summed E-state index contributed by atoms with van der Waals surface area (Å²) in [5, 5.41) is 0. The number of hydrogen-bond donors (Lipinski definition) is 0. The van der Waals surface area contributed by atoms with Gasteiger partial charge < -0.3 is 4.74 Å². The van der Waals surface area contributed by atoms with Gasteiger partial charge in [-0.05, 0) is 36.8 Å². The summed E-state index contributed by atoms with van der Waals surface area (Å²) in [6, 6.07) is 6.38. The van der Waals surface area contributed by atoms with Crippen molar-refractivity contribution in [2.75, 3.05) is 6.61 Å². The van der Waals surface area contributed by atoms with Crippen LogP contribution in [0.2, 0.25) is 0 Å². The fourth-order valence-electron chi connectivity index (χ4n) is 4.25. The van der Waals surface area contributed by atoms with Gasteiger partial charge in [0.25, 0.3) is 10.0 Å². The van der Waals surface area contributed by atoms with E-state index in [0.29, 0.717) is 16.4 Å². The van der Waals surface area contributed by atoms with E-state index < -0.39 is 50.6 Å². The van der Waals surface area contributed by atoms with E-state index in [0.717, 1.165) is 6.08 Å². The molecule has 0 spiro atoms. The highest BCUT2D eigenvalue weighted by Crippen LogP contribution is 2.61. The molecule has 2 heterocycles. The Morgan fingerprint density at radius 2 is 1.64 bits per heavy atom. The van der Waals surface area contributed by atoms with Gasteiger partial charge in [-0.15, -0.1) is 0 Å². The maximum atomic E-state index is 13.5. The van der Waals surface area contributed by atoms with Gasteiger partial charge in [-0.2, -0.15) is 26.3 Å². The SMILES string of the molecule is CCOC(=O)/C=C1\CC2(c3cc(C(F)(F)F)cc(C(F)(F)F)c3)c3ccccc3S(=O)(=O)N12. The molecule has 1 saturated heterocycles. The average Bonchev–Trinajstić information content (AvgIpc) is 2.84. The lowest BCUT2D eigenvalue weighted by Crippen LogP contribution is -2.54.